The molecule has 0 aromatic heterocycles. The highest BCUT2D eigenvalue weighted by molar-refractivity contribution is 5.15. The smallest absolute Gasteiger partial charge is 0.0688 e. The molecular formula is C18H27NO. The first-order valence-electron chi connectivity index (χ1n) is 8.20. The minimum Gasteiger partial charge on any atom is -0.390 e. The van der Waals surface area contributed by atoms with Gasteiger partial charge in [-0.15, -0.1) is 0 Å². The van der Waals surface area contributed by atoms with E-state index in [0.717, 1.165) is 38.3 Å². The van der Waals surface area contributed by atoms with E-state index in [0.29, 0.717) is 5.92 Å². The summed E-state index contributed by atoms with van der Waals surface area (Å²) in [5.74, 6) is 1.24. The van der Waals surface area contributed by atoms with Crippen molar-refractivity contribution in [1.29, 1.82) is 0 Å². The summed E-state index contributed by atoms with van der Waals surface area (Å²) < 4.78 is 0. The lowest BCUT2D eigenvalue weighted by Gasteiger charge is -2.40. The van der Waals surface area contributed by atoms with Crippen molar-refractivity contribution in [3.8, 4) is 0 Å². The fourth-order valence-corrected chi connectivity index (χ4v) is 4.27. The van der Waals surface area contributed by atoms with E-state index in [1.165, 1.54) is 24.9 Å². The molecular weight excluding hydrogens is 246 g/mol. The van der Waals surface area contributed by atoms with Crippen LogP contribution < -0.4 is 0 Å². The maximum absolute atomic E-state index is 10.8. The minimum atomic E-state index is -0.385. The van der Waals surface area contributed by atoms with Crippen molar-refractivity contribution < 1.29 is 5.11 Å². The molecule has 1 aliphatic heterocycles. The van der Waals surface area contributed by atoms with Crippen molar-refractivity contribution in [1.82, 2.24) is 4.90 Å². The molecule has 2 nitrogen and oxygen atoms in total. The quantitative estimate of drug-likeness (QED) is 0.911. The summed E-state index contributed by atoms with van der Waals surface area (Å²) in [6.07, 6.45) is 5.58. The Kier molecular flexibility index (Phi) is 4.13. The Morgan fingerprint density at radius 1 is 1.25 bits per heavy atom. The fourth-order valence-electron chi connectivity index (χ4n) is 4.27. The van der Waals surface area contributed by atoms with E-state index in [1.807, 2.05) is 0 Å². The summed E-state index contributed by atoms with van der Waals surface area (Å²) in [6, 6.07) is 10.7. The summed E-state index contributed by atoms with van der Waals surface area (Å²) in [5.41, 5.74) is 1.04. The summed E-state index contributed by atoms with van der Waals surface area (Å²) >= 11 is 0. The van der Waals surface area contributed by atoms with Crippen molar-refractivity contribution >= 4 is 0 Å². The molecule has 110 valence electrons. The third-order valence-corrected chi connectivity index (χ3v) is 5.56. The van der Waals surface area contributed by atoms with E-state index < -0.39 is 0 Å². The molecule has 1 heterocycles. The van der Waals surface area contributed by atoms with Crippen LogP contribution in [-0.2, 0) is 6.42 Å². The number of fused-ring (bicyclic) bond motifs is 1. The number of hydrogen-bond acceptors (Lipinski definition) is 2. The lowest BCUT2D eigenvalue weighted by molar-refractivity contribution is -0.0612. The van der Waals surface area contributed by atoms with Gasteiger partial charge in [0, 0.05) is 25.6 Å². The van der Waals surface area contributed by atoms with E-state index in [4.69, 9.17) is 0 Å². The van der Waals surface area contributed by atoms with Gasteiger partial charge in [-0.3, -0.25) is 0 Å². The molecule has 3 rings (SSSR count). The standard InChI is InChI=1S/C18H27NO/c1-2-18(20)11-6-9-16-13-19(14-17(16)18)12-10-15-7-4-3-5-8-15/h3-5,7-8,16-17,20H,2,6,9-14H2,1H3/t16-,17+,18-/m1/s1. The second kappa shape index (κ2) is 5.87. The van der Waals surface area contributed by atoms with Gasteiger partial charge in [-0.2, -0.15) is 0 Å². The van der Waals surface area contributed by atoms with Gasteiger partial charge in [0.15, 0.2) is 0 Å². The highest BCUT2D eigenvalue weighted by Gasteiger charge is 2.47. The van der Waals surface area contributed by atoms with Gasteiger partial charge in [0.25, 0.3) is 0 Å². The molecule has 1 aromatic carbocycles. The number of aliphatic hydroxyl groups is 1. The predicted molar refractivity (Wildman–Crippen MR) is 82.7 cm³/mol. The SMILES string of the molecule is CC[C@@]1(O)CCC[C@@H]2CN(CCc3ccccc3)C[C@@H]21. The van der Waals surface area contributed by atoms with Crippen LogP contribution in [0.25, 0.3) is 0 Å². The third-order valence-electron chi connectivity index (χ3n) is 5.56. The molecule has 1 aromatic rings. The van der Waals surface area contributed by atoms with Crippen LogP contribution in [0.4, 0.5) is 0 Å². The van der Waals surface area contributed by atoms with Gasteiger partial charge < -0.3 is 10.0 Å². The molecule has 0 radical (unpaired) electrons. The summed E-state index contributed by atoms with van der Waals surface area (Å²) in [4.78, 5) is 2.58. The molecule has 1 N–H and O–H groups in total. The molecule has 0 amide bonds. The Bertz CT molecular complexity index is 432. The summed E-state index contributed by atoms with van der Waals surface area (Å²) in [7, 11) is 0. The Labute approximate surface area is 122 Å². The van der Waals surface area contributed by atoms with Crippen LogP contribution in [0.2, 0.25) is 0 Å². The van der Waals surface area contributed by atoms with Crippen molar-refractivity contribution in [3.05, 3.63) is 35.9 Å². The number of hydrogen-bond donors (Lipinski definition) is 1. The summed E-state index contributed by atoms with van der Waals surface area (Å²) in [6.45, 7) is 5.58. The normalized spacial score (nSPS) is 34.1. The number of nitrogens with zero attached hydrogens (tertiary/aromatic N) is 1. The van der Waals surface area contributed by atoms with E-state index >= 15 is 0 Å². The van der Waals surface area contributed by atoms with E-state index in [2.05, 4.69) is 42.2 Å². The molecule has 2 aliphatic rings. The first-order valence-corrected chi connectivity index (χ1v) is 8.20. The Balaban J connectivity index is 1.58. The first kappa shape index (κ1) is 14.1. The Hall–Kier alpha value is -0.860. The molecule has 2 fully saturated rings. The van der Waals surface area contributed by atoms with Gasteiger partial charge in [0.2, 0.25) is 0 Å². The number of benzene rings is 1. The molecule has 2 heteroatoms. The zero-order chi connectivity index (χ0) is 14.0. The molecule has 1 aliphatic carbocycles. The van der Waals surface area contributed by atoms with E-state index in [-0.39, 0.29) is 5.60 Å². The van der Waals surface area contributed by atoms with Crippen molar-refractivity contribution in [2.75, 3.05) is 19.6 Å². The second-order valence-electron chi connectivity index (χ2n) is 6.71. The monoisotopic (exact) mass is 273 g/mol. The van der Waals surface area contributed by atoms with Crippen LogP contribution in [-0.4, -0.2) is 35.2 Å². The van der Waals surface area contributed by atoms with Crippen LogP contribution in [0.5, 0.6) is 0 Å². The molecule has 1 saturated heterocycles. The molecule has 3 atom stereocenters. The zero-order valence-electron chi connectivity index (χ0n) is 12.6. The van der Waals surface area contributed by atoms with Crippen LogP contribution in [0.15, 0.2) is 30.3 Å². The molecule has 0 unspecified atom stereocenters. The molecule has 20 heavy (non-hydrogen) atoms. The molecule has 1 saturated carbocycles. The van der Waals surface area contributed by atoms with Crippen molar-refractivity contribution in [2.24, 2.45) is 11.8 Å². The molecule has 0 bridgehead atoms. The van der Waals surface area contributed by atoms with Crippen LogP contribution >= 0.6 is 0 Å². The van der Waals surface area contributed by atoms with Crippen molar-refractivity contribution in [2.45, 2.75) is 44.6 Å². The van der Waals surface area contributed by atoms with Crippen LogP contribution in [0.1, 0.15) is 38.2 Å². The minimum absolute atomic E-state index is 0.385. The van der Waals surface area contributed by atoms with Crippen molar-refractivity contribution in [3.63, 3.8) is 0 Å². The lowest BCUT2D eigenvalue weighted by Crippen LogP contribution is -2.44. The zero-order valence-corrected chi connectivity index (χ0v) is 12.6. The van der Waals surface area contributed by atoms with Gasteiger partial charge in [-0.05, 0) is 37.2 Å². The maximum atomic E-state index is 10.8. The van der Waals surface area contributed by atoms with E-state index in [1.54, 1.807) is 0 Å². The molecule has 0 spiro atoms. The average molecular weight is 273 g/mol. The van der Waals surface area contributed by atoms with Gasteiger partial charge in [0.1, 0.15) is 0 Å². The fraction of sp³-hybridized carbons (Fsp3) is 0.667. The third kappa shape index (κ3) is 2.77. The Morgan fingerprint density at radius 2 is 2.05 bits per heavy atom. The van der Waals surface area contributed by atoms with Gasteiger partial charge in [0.05, 0.1) is 5.60 Å². The van der Waals surface area contributed by atoms with Gasteiger partial charge in [-0.25, -0.2) is 0 Å². The highest BCUT2D eigenvalue weighted by Crippen LogP contribution is 2.44. The van der Waals surface area contributed by atoms with Crippen LogP contribution in [0.3, 0.4) is 0 Å². The number of rotatable bonds is 4. The maximum Gasteiger partial charge on any atom is 0.0688 e. The summed E-state index contributed by atoms with van der Waals surface area (Å²) in [5, 5.41) is 10.8. The van der Waals surface area contributed by atoms with Gasteiger partial charge in [-0.1, -0.05) is 43.7 Å². The van der Waals surface area contributed by atoms with Crippen LogP contribution in [0, 0.1) is 11.8 Å². The second-order valence-corrected chi connectivity index (χ2v) is 6.71. The van der Waals surface area contributed by atoms with Gasteiger partial charge >= 0.3 is 0 Å². The van der Waals surface area contributed by atoms with E-state index in [9.17, 15) is 5.11 Å². The Morgan fingerprint density at radius 3 is 2.80 bits per heavy atom. The lowest BCUT2D eigenvalue weighted by atomic mass is 9.69. The predicted octanol–water partition coefficient (Wildman–Crippen LogP) is 3.10. The first-order chi connectivity index (χ1) is 9.71. The number of likely N-dealkylation sites (tertiary alicyclic amines) is 1. The highest BCUT2D eigenvalue weighted by atomic mass is 16.3. The average Bonchev–Trinajstić information content (AvgIpc) is 2.91. The largest absolute Gasteiger partial charge is 0.390 e. The topological polar surface area (TPSA) is 23.5 Å².